The Hall–Kier alpha value is -3.58. The van der Waals surface area contributed by atoms with E-state index in [9.17, 15) is 4.39 Å². The third-order valence-electron chi connectivity index (χ3n) is 8.01. The molecule has 1 spiro atoms. The lowest BCUT2D eigenvalue weighted by atomic mass is 9.73. The zero-order valence-corrected chi connectivity index (χ0v) is 18.8. The average Bonchev–Trinajstić information content (AvgIpc) is 3.55. The van der Waals surface area contributed by atoms with Crippen LogP contribution in [0.2, 0.25) is 0 Å². The van der Waals surface area contributed by atoms with E-state index in [4.69, 9.17) is 15.7 Å². The molecular formula is C28H29FN6. The summed E-state index contributed by atoms with van der Waals surface area (Å²) in [5.74, 6) is 0.568. The van der Waals surface area contributed by atoms with Crippen LogP contribution in [0.15, 0.2) is 59.9 Å². The number of anilines is 1. The Morgan fingerprint density at radius 2 is 1.94 bits per heavy atom. The molecule has 1 aliphatic carbocycles. The molecule has 7 heteroatoms. The van der Waals surface area contributed by atoms with Gasteiger partial charge in [0, 0.05) is 41.8 Å². The first-order valence-corrected chi connectivity index (χ1v) is 11.9. The van der Waals surface area contributed by atoms with Gasteiger partial charge in [-0.15, -0.1) is 0 Å². The Balaban J connectivity index is 0.00000229. The van der Waals surface area contributed by atoms with Gasteiger partial charge in [-0.2, -0.15) is 0 Å². The van der Waals surface area contributed by atoms with Gasteiger partial charge in [-0.3, -0.25) is 4.99 Å². The van der Waals surface area contributed by atoms with Crippen LogP contribution in [0.4, 0.5) is 10.2 Å². The maximum Gasteiger partial charge on any atom is 0.147 e. The Morgan fingerprint density at radius 3 is 2.77 bits per heavy atom. The van der Waals surface area contributed by atoms with E-state index in [0.29, 0.717) is 23.5 Å². The summed E-state index contributed by atoms with van der Waals surface area (Å²) >= 11 is 0. The Morgan fingerprint density at radius 1 is 1.11 bits per heavy atom. The molecule has 3 N–H and O–H groups in total. The molecule has 0 amide bonds. The Bertz CT molecular complexity index is 1460. The largest absolute Gasteiger partial charge is 0.361 e. The first-order valence-electron chi connectivity index (χ1n) is 11.9. The van der Waals surface area contributed by atoms with Gasteiger partial charge in [0.1, 0.15) is 17.3 Å². The van der Waals surface area contributed by atoms with Gasteiger partial charge >= 0.3 is 0 Å². The number of aromatic amines is 1. The van der Waals surface area contributed by atoms with Crippen LogP contribution < -0.4 is 10.6 Å². The van der Waals surface area contributed by atoms with Crippen LogP contribution in [0, 0.1) is 11.2 Å². The van der Waals surface area contributed by atoms with Crippen molar-refractivity contribution in [2.75, 3.05) is 18.0 Å². The summed E-state index contributed by atoms with van der Waals surface area (Å²) in [6.45, 7) is 2.23. The number of aromatic nitrogens is 3. The quantitative estimate of drug-likeness (QED) is 0.437. The van der Waals surface area contributed by atoms with E-state index in [-0.39, 0.29) is 24.7 Å². The highest BCUT2D eigenvalue weighted by Gasteiger charge is 2.46. The van der Waals surface area contributed by atoms with Crippen molar-refractivity contribution in [1.29, 1.82) is 0 Å². The maximum absolute atomic E-state index is 14.8. The lowest BCUT2D eigenvalue weighted by Crippen LogP contribution is -2.44. The third-order valence-corrected chi connectivity index (χ3v) is 8.01. The summed E-state index contributed by atoms with van der Waals surface area (Å²) in [4.78, 5) is 19.6. The highest BCUT2D eigenvalue weighted by Crippen LogP contribution is 2.50. The molecule has 2 aromatic carbocycles. The smallest absolute Gasteiger partial charge is 0.147 e. The molecule has 7 rings (SSSR count). The number of rotatable bonds is 2. The minimum atomic E-state index is -0.303. The molecule has 4 aromatic rings. The van der Waals surface area contributed by atoms with Gasteiger partial charge in [0.15, 0.2) is 0 Å². The predicted octanol–water partition coefficient (Wildman–Crippen LogP) is 4.93. The van der Waals surface area contributed by atoms with Crippen LogP contribution in [0.5, 0.6) is 0 Å². The first kappa shape index (κ1) is 21.9. The molecule has 0 radical (unpaired) electrons. The number of benzene rings is 2. The molecule has 1 fully saturated rings. The number of aliphatic imine (C=N–C) groups is 1. The number of fused-ring (bicyclic) bond motifs is 3. The standard InChI is InChI=1S/C27H25FN6.CH4/c28-20-12-21-16(5-8-30-21)11-19(20)24-25-22(14-31-24)33-23(15-32-25)34-9-6-27(7-10-34)13-17-3-1-2-4-18(17)26(27)29;/h1-5,8,11-12,15,26,30H,6-7,9-10,13-14,29H2;1H4/t26-;/m0./s1. The summed E-state index contributed by atoms with van der Waals surface area (Å²) in [5.41, 5.74) is 12.9. The Kier molecular flexibility index (Phi) is 5.00. The lowest BCUT2D eigenvalue weighted by molar-refractivity contribution is 0.187. The number of H-pyrrole nitrogens is 1. The van der Waals surface area contributed by atoms with E-state index < -0.39 is 0 Å². The zero-order chi connectivity index (χ0) is 22.9. The van der Waals surface area contributed by atoms with E-state index in [1.807, 2.05) is 24.5 Å². The van der Waals surface area contributed by atoms with Crippen molar-refractivity contribution in [2.45, 2.75) is 39.3 Å². The third kappa shape index (κ3) is 3.29. The lowest BCUT2D eigenvalue weighted by Gasteiger charge is -2.42. The molecule has 178 valence electrons. The van der Waals surface area contributed by atoms with Crippen LogP contribution in [0.1, 0.15) is 54.4 Å². The van der Waals surface area contributed by atoms with E-state index in [1.165, 1.54) is 17.2 Å². The van der Waals surface area contributed by atoms with Crippen LogP contribution in [-0.2, 0) is 13.0 Å². The molecule has 0 bridgehead atoms. The van der Waals surface area contributed by atoms with Crippen molar-refractivity contribution >= 4 is 22.4 Å². The Labute approximate surface area is 204 Å². The van der Waals surface area contributed by atoms with E-state index in [2.05, 4.69) is 39.1 Å². The molecule has 2 aliphatic heterocycles. The van der Waals surface area contributed by atoms with Crippen LogP contribution in [-0.4, -0.2) is 33.8 Å². The fourth-order valence-electron chi connectivity index (χ4n) is 6.06. The second-order valence-electron chi connectivity index (χ2n) is 9.79. The van der Waals surface area contributed by atoms with Gasteiger partial charge in [0.25, 0.3) is 0 Å². The molecule has 1 saturated heterocycles. The van der Waals surface area contributed by atoms with Crippen LogP contribution in [0.25, 0.3) is 10.9 Å². The summed E-state index contributed by atoms with van der Waals surface area (Å²) < 4.78 is 14.8. The van der Waals surface area contributed by atoms with Gasteiger partial charge in [0.05, 0.1) is 24.1 Å². The molecule has 35 heavy (non-hydrogen) atoms. The van der Waals surface area contributed by atoms with E-state index >= 15 is 0 Å². The molecule has 0 unspecified atom stereocenters. The molecule has 2 aromatic heterocycles. The maximum atomic E-state index is 14.8. The van der Waals surface area contributed by atoms with Crippen LogP contribution >= 0.6 is 0 Å². The average molecular weight is 469 g/mol. The normalized spacial score (nSPS) is 20.0. The SMILES string of the molecule is C.N[C@H]1c2ccccc2CC12CCN(c1cnc3c(n1)CN=C3c1cc3cc[nH]c3cc1F)CC2. The van der Waals surface area contributed by atoms with Gasteiger partial charge in [-0.1, -0.05) is 31.7 Å². The number of nitrogens with zero attached hydrogens (tertiary/aromatic N) is 4. The number of nitrogens with one attached hydrogen (secondary N) is 1. The zero-order valence-electron chi connectivity index (χ0n) is 18.8. The molecule has 4 heterocycles. The van der Waals surface area contributed by atoms with E-state index in [1.54, 1.807) is 0 Å². The number of halogens is 1. The number of nitrogens with two attached hydrogens (primary N) is 1. The molecule has 3 aliphatic rings. The first-order chi connectivity index (χ1) is 16.6. The van der Waals surface area contributed by atoms with Gasteiger partial charge in [-0.25, -0.2) is 14.4 Å². The molecule has 6 nitrogen and oxygen atoms in total. The summed E-state index contributed by atoms with van der Waals surface area (Å²) in [6, 6.07) is 14.0. The van der Waals surface area contributed by atoms with Crippen molar-refractivity contribution < 1.29 is 4.39 Å². The monoisotopic (exact) mass is 468 g/mol. The van der Waals surface area contributed by atoms with Crippen molar-refractivity contribution in [3.63, 3.8) is 0 Å². The van der Waals surface area contributed by atoms with Crippen LogP contribution in [0.3, 0.4) is 0 Å². The summed E-state index contributed by atoms with van der Waals surface area (Å²) in [7, 11) is 0. The highest BCUT2D eigenvalue weighted by atomic mass is 19.1. The highest BCUT2D eigenvalue weighted by molar-refractivity contribution is 6.15. The van der Waals surface area contributed by atoms with Gasteiger partial charge in [0.2, 0.25) is 0 Å². The minimum Gasteiger partial charge on any atom is -0.361 e. The summed E-state index contributed by atoms with van der Waals surface area (Å²) in [5, 5.41) is 0.951. The molecular weight excluding hydrogens is 439 g/mol. The second-order valence-corrected chi connectivity index (χ2v) is 9.79. The van der Waals surface area contributed by atoms with Crippen molar-refractivity contribution in [2.24, 2.45) is 16.1 Å². The molecule has 0 saturated carbocycles. The predicted molar refractivity (Wildman–Crippen MR) is 137 cm³/mol. The van der Waals surface area contributed by atoms with Crippen molar-refractivity contribution in [3.8, 4) is 0 Å². The van der Waals surface area contributed by atoms with Gasteiger partial charge in [-0.05, 0) is 54.0 Å². The number of piperidine rings is 1. The fourth-order valence-corrected chi connectivity index (χ4v) is 6.06. The van der Waals surface area contributed by atoms with Gasteiger partial charge < -0.3 is 15.6 Å². The van der Waals surface area contributed by atoms with Crippen molar-refractivity contribution in [3.05, 3.63) is 88.8 Å². The van der Waals surface area contributed by atoms with E-state index in [0.717, 1.165) is 54.8 Å². The number of hydrogen-bond acceptors (Lipinski definition) is 5. The fraction of sp³-hybridized carbons (Fsp3) is 0.321. The topological polar surface area (TPSA) is 83.2 Å². The second kappa shape index (κ2) is 7.99. The van der Waals surface area contributed by atoms with Crippen molar-refractivity contribution in [1.82, 2.24) is 15.0 Å². The number of hydrogen-bond donors (Lipinski definition) is 2. The summed E-state index contributed by atoms with van der Waals surface area (Å²) in [6.07, 6.45) is 6.75. The minimum absolute atomic E-state index is 0. The molecule has 1 atom stereocenters.